The average Bonchev–Trinajstić information content (AvgIpc) is 3.31. The first-order valence-corrected chi connectivity index (χ1v) is 10.5. The predicted octanol–water partition coefficient (Wildman–Crippen LogP) is 5.55. The van der Waals surface area contributed by atoms with Crippen LogP contribution in [0, 0.1) is 5.92 Å². The summed E-state index contributed by atoms with van der Waals surface area (Å²) in [6, 6.07) is 13.4. The van der Waals surface area contributed by atoms with Gasteiger partial charge in [0.1, 0.15) is 5.92 Å². The highest BCUT2D eigenvalue weighted by Crippen LogP contribution is 2.33. The van der Waals surface area contributed by atoms with Crippen LogP contribution in [0.25, 0.3) is 10.1 Å². The minimum Gasteiger partial charge on any atom is -0.298 e. The fourth-order valence-electron chi connectivity index (χ4n) is 3.61. The van der Waals surface area contributed by atoms with Gasteiger partial charge in [0.05, 0.1) is 11.4 Å². The standard InChI is InChI=1S/C23H20F2N2O2S/c1-3-23(24,25)17-6-4-5-15(11-17)12-19(28)21-14(2)26-27(22(21)29)18-8-7-16-9-10-30-20(16)13-18/h4-11,13,21H,3,12H2,1-2H3. The summed E-state index contributed by atoms with van der Waals surface area (Å²) in [6.07, 6.45) is -0.421. The lowest BCUT2D eigenvalue weighted by atomic mass is 9.92. The molecule has 7 heteroatoms. The summed E-state index contributed by atoms with van der Waals surface area (Å²) in [5.74, 6) is -4.71. The van der Waals surface area contributed by atoms with Crippen molar-refractivity contribution in [2.75, 3.05) is 5.01 Å². The SMILES string of the molecule is CCC(F)(F)c1cccc(CC(=O)C2C(=O)N(c3ccc4ccsc4c3)N=C2C)c1. The van der Waals surface area contributed by atoms with Crippen LogP contribution in [-0.2, 0) is 21.9 Å². The van der Waals surface area contributed by atoms with E-state index in [0.29, 0.717) is 17.0 Å². The number of nitrogens with zero attached hydrogens (tertiary/aromatic N) is 2. The molecule has 0 N–H and O–H groups in total. The number of amides is 1. The number of alkyl halides is 2. The number of carbonyl (C=O) groups is 2. The van der Waals surface area contributed by atoms with Gasteiger partial charge in [-0.25, -0.2) is 8.78 Å². The molecular weight excluding hydrogens is 406 g/mol. The van der Waals surface area contributed by atoms with Crippen LogP contribution in [0.2, 0.25) is 0 Å². The lowest BCUT2D eigenvalue weighted by Crippen LogP contribution is -2.33. The Morgan fingerprint density at radius 2 is 2.00 bits per heavy atom. The third kappa shape index (κ3) is 3.65. The summed E-state index contributed by atoms with van der Waals surface area (Å²) in [5.41, 5.74) is 1.36. The van der Waals surface area contributed by atoms with E-state index >= 15 is 0 Å². The Bertz CT molecular complexity index is 1170. The molecule has 3 aromatic rings. The number of fused-ring (bicyclic) bond motifs is 1. The Hall–Kier alpha value is -2.93. The maximum atomic E-state index is 14.0. The molecule has 1 unspecified atom stereocenters. The number of anilines is 1. The minimum atomic E-state index is -2.95. The fourth-order valence-corrected chi connectivity index (χ4v) is 4.43. The number of carbonyl (C=O) groups excluding carboxylic acids is 2. The van der Waals surface area contributed by atoms with Gasteiger partial charge < -0.3 is 0 Å². The van der Waals surface area contributed by atoms with Crippen LogP contribution >= 0.6 is 11.3 Å². The Morgan fingerprint density at radius 3 is 2.77 bits per heavy atom. The normalized spacial score (nSPS) is 16.9. The largest absolute Gasteiger partial charge is 0.298 e. The number of benzene rings is 2. The van der Waals surface area contributed by atoms with Crippen LogP contribution in [0.15, 0.2) is 59.0 Å². The summed E-state index contributed by atoms with van der Waals surface area (Å²) < 4.78 is 29.0. The van der Waals surface area contributed by atoms with Crippen molar-refractivity contribution in [1.82, 2.24) is 0 Å². The number of hydrogen-bond acceptors (Lipinski definition) is 4. The van der Waals surface area contributed by atoms with Crippen LogP contribution in [0.4, 0.5) is 14.5 Å². The van der Waals surface area contributed by atoms with Crippen molar-refractivity contribution in [3.05, 3.63) is 65.0 Å². The molecule has 0 fully saturated rings. The highest BCUT2D eigenvalue weighted by atomic mass is 32.1. The van der Waals surface area contributed by atoms with Crippen molar-refractivity contribution >= 4 is 44.5 Å². The van der Waals surface area contributed by atoms with Gasteiger partial charge in [-0.2, -0.15) is 10.1 Å². The molecule has 1 aliphatic rings. The number of rotatable bonds is 6. The number of hydrazone groups is 1. The summed E-state index contributed by atoms with van der Waals surface area (Å²) >= 11 is 1.56. The third-order valence-electron chi connectivity index (χ3n) is 5.31. The Balaban J connectivity index is 1.55. The highest BCUT2D eigenvalue weighted by molar-refractivity contribution is 7.17. The number of hydrogen-bond donors (Lipinski definition) is 0. The van der Waals surface area contributed by atoms with E-state index in [0.717, 1.165) is 10.1 Å². The predicted molar refractivity (Wildman–Crippen MR) is 115 cm³/mol. The molecule has 4 rings (SSSR count). The quantitative estimate of drug-likeness (QED) is 0.485. The van der Waals surface area contributed by atoms with Crippen LogP contribution in [0.5, 0.6) is 0 Å². The van der Waals surface area contributed by atoms with Crippen molar-refractivity contribution in [1.29, 1.82) is 0 Å². The first-order valence-electron chi connectivity index (χ1n) is 9.66. The summed E-state index contributed by atoms with van der Waals surface area (Å²) in [6.45, 7) is 3.06. The average molecular weight is 426 g/mol. The summed E-state index contributed by atoms with van der Waals surface area (Å²) in [4.78, 5) is 25.9. The lowest BCUT2D eigenvalue weighted by Gasteiger charge is -2.16. The highest BCUT2D eigenvalue weighted by Gasteiger charge is 2.39. The Morgan fingerprint density at radius 1 is 1.20 bits per heavy atom. The molecule has 1 atom stereocenters. The molecule has 0 spiro atoms. The Kier molecular flexibility index (Phi) is 5.24. The van der Waals surface area contributed by atoms with E-state index in [1.165, 1.54) is 30.1 Å². The van der Waals surface area contributed by atoms with Crippen molar-refractivity contribution in [3.63, 3.8) is 0 Å². The zero-order valence-corrected chi connectivity index (χ0v) is 17.4. The molecule has 0 aliphatic carbocycles. The molecule has 0 saturated carbocycles. The van der Waals surface area contributed by atoms with Gasteiger partial charge in [-0.1, -0.05) is 31.2 Å². The second-order valence-electron chi connectivity index (χ2n) is 7.37. The molecule has 2 aromatic carbocycles. The van der Waals surface area contributed by atoms with Crippen molar-refractivity contribution in [2.24, 2.45) is 11.0 Å². The fraction of sp³-hybridized carbons (Fsp3) is 0.261. The molecule has 0 bridgehead atoms. The molecule has 4 nitrogen and oxygen atoms in total. The van der Waals surface area contributed by atoms with Crippen molar-refractivity contribution < 1.29 is 18.4 Å². The van der Waals surface area contributed by atoms with E-state index in [1.807, 2.05) is 23.6 Å². The van der Waals surface area contributed by atoms with E-state index in [9.17, 15) is 18.4 Å². The first-order chi connectivity index (χ1) is 14.3. The van der Waals surface area contributed by atoms with Gasteiger partial charge in [0, 0.05) is 23.1 Å². The maximum Gasteiger partial charge on any atom is 0.273 e. The van der Waals surface area contributed by atoms with Gasteiger partial charge in [-0.3, -0.25) is 9.59 Å². The topological polar surface area (TPSA) is 49.7 Å². The van der Waals surface area contributed by atoms with E-state index < -0.39 is 17.7 Å². The van der Waals surface area contributed by atoms with Crippen molar-refractivity contribution in [3.8, 4) is 0 Å². The second kappa shape index (κ2) is 7.72. The number of thiophene rings is 1. The van der Waals surface area contributed by atoms with E-state index in [-0.39, 0.29) is 24.2 Å². The van der Waals surface area contributed by atoms with Gasteiger partial charge in [0.2, 0.25) is 0 Å². The van der Waals surface area contributed by atoms with Crippen LogP contribution in [0.3, 0.4) is 0 Å². The van der Waals surface area contributed by atoms with E-state index in [4.69, 9.17) is 0 Å². The smallest absolute Gasteiger partial charge is 0.273 e. The minimum absolute atomic E-state index is 0.102. The number of halogens is 2. The lowest BCUT2D eigenvalue weighted by molar-refractivity contribution is -0.128. The van der Waals surface area contributed by atoms with Gasteiger partial charge in [0.25, 0.3) is 11.8 Å². The molecule has 154 valence electrons. The molecule has 1 aromatic heterocycles. The number of ketones is 1. The second-order valence-corrected chi connectivity index (χ2v) is 8.32. The summed E-state index contributed by atoms with van der Waals surface area (Å²) in [5, 5.41) is 8.62. The molecule has 0 radical (unpaired) electrons. The van der Waals surface area contributed by atoms with E-state index in [1.54, 1.807) is 30.4 Å². The van der Waals surface area contributed by atoms with Gasteiger partial charge in [0.15, 0.2) is 5.78 Å². The molecule has 2 heterocycles. The van der Waals surface area contributed by atoms with E-state index in [2.05, 4.69) is 5.10 Å². The Labute approximate surface area is 176 Å². The first kappa shape index (κ1) is 20.3. The molecule has 30 heavy (non-hydrogen) atoms. The van der Waals surface area contributed by atoms with Gasteiger partial charge in [-0.15, -0.1) is 11.3 Å². The van der Waals surface area contributed by atoms with Crippen LogP contribution < -0.4 is 5.01 Å². The zero-order chi connectivity index (χ0) is 21.5. The molecule has 0 saturated heterocycles. The number of Topliss-reactive ketones (excluding diaryl/α,β-unsaturated/α-hetero) is 1. The molecule has 1 amide bonds. The molecular formula is C23H20F2N2O2S. The monoisotopic (exact) mass is 426 g/mol. The van der Waals surface area contributed by atoms with Crippen LogP contribution in [-0.4, -0.2) is 17.4 Å². The van der Waals surface area contributed by atoms with Gasteiger partial charge in [-0.05, 0) is 47.5 Å². The van der Waals surface area contributed by atoms with Crippen molar-refractivity contribution in [2.45, 2.75) is 32.6 Å². The van der Waals surface area contributed by atoms with Crippen LogP contribution in [0.1, 0.15) is 31.4 Å². The third-order valence-corrected chi connectivity index (χ3v) is 6.19. The maximum absolute atomic E-state index is 14.0. The zero-order valence-electron chi connectivity index (χ0n) is 16.6. The van der Waals surface area contributed by atoms with Gasteiger partial charge >= 0.3 is 0 Å². The molecule has 1 aliphatic heterocycles. The summed E-state index contributed by atoms with van der Waals surface area (Å²) in [7, 11) is 0.